The molecule has 104 valence electrons. The fourth-order valence-corrected chi connectivity index (χ4v) is 2.11. The van der Waals surface area contributed by atoms with Gasteiger partial charge in [0.1, 0.15) is 11.9 Å². The summed E-state index contributed by atoms with van der Waals surface area (Å²) in [7, 11) is 0. The molecule has 1 N–H and O–H groups in total. The van der Waals surface area contributed by atoms with Gasteiger partial charge in [-0.25, -0.2) is 4.79 Å². The van der Waals surface area contributed by atoms with Gasteiger partial charge in [-0.3, -0.25) is 0 Å². The summed E-state index contributed by atoms with van der Waals surface area (Å²) in [5, 5.41) is 9.87. The molecule has 0 aliphatic heterocycles. The van der Waals surface area contributed by atoms with Gasteiger partial charge in [0, 0.05) is 18.4 Å². The van der Waals surface area contributed by atoms with Crippen molar-refractivity contribution in [2.45, 2.75) is 32.0 Å². The molecule has 0 bridgehead atoms. The summed E-state index contributed by atoms with van der Waals surface area (Å²) in [6, 6.07) is 8.66. The van der Waals surface area contributed by atoms with Crippen molar-refractivity contribution in [2.75, 3.05) is 0 Å². The molecule has 0 unspecified atom stereocenters. The fraction of sp³-hybridized carbons (Fsp3) is 0.312. The number of terminal acetylenes is 1. The summed E-state index contributed by atoms with van der Waals surface area (Å²) < 4.78 is 10.2. The summed E-state index contributed by atoms with van der Waals surface area (Å²) in [6.07, 6.45) is 4.22. The molecule has 0 saturated carbocycles. The smallest absolute Gasteiger partial charge is 0.430 e. The number of para-hydroxylation sites is 1. The van der Waals surface area contributed by atoms with Gasteiger partial charge in [-0.2, -0.15) is 0 Å². The zero-order valence-corrected chi connectivity index (χ0v) is 11.2. The predicted octanol–water partition coefficient (Wildman–Crippen LogP) is 2.68. The lowest BCUT2D eigenvalue weighted by Gasteiger charge is -2.27. The van der Waals surface area contributed by atoms with Crippen LogP contribution in [0, 0.1) is 12.3 Å². The Morgan fingerprint density at radius 3 is 2.75 bits per heavy atom. The highest BCUT2D eigenvalue weighted by molar-refractivity contribution is 5.64. The van der Waals surface area contributed by atoms with E-state index in [1.54, 1.807) is 31.2 Å². The first kappa shape index (κ1) is 14.2. The first-order valence-corrected chi connectivity index (χ1v) is 6.38. The number of carbonyl (C=O) groups excluding carboxylic acids is 1. The van der Waals surface area contributed by atoms with Gasteiger partial charge in [-0.1, -0.05) is 24.1 Å². The van der Waals surface area contributed by atoms with Crippen LogP contribution in [-0.4, -0.2) is 23.5 Å². The molecule has 1 aliphatic carbocycles. The molecule has 0 amide bonds. The van der Waals surface area contributed by atoms with Crippen molar-refractivity contribution < 1.29 is 19.4 Å². The minimum Gasteiger partial charge on any atom is -0.430 e. The zero-order chi connectivity index (χ0) is 14.5. The van der Waals surface area contributed by atoms with Crippen molar-refractivity contribution in [3.63, 3.8) is 0 Å². The second-order valence-corrected chi connectivity index (χ2v) is 4.67. The van der Waals surface area contributed by atoms with Crippen molar-refractivity contribution in [1.29, 1.82) is 0 Å². The molecule has 0 heterocycles. The van der Waals surface area contributed by atoms with E-state index >= 15 is 0 Å². The van der Waals surface area contributed by atoms with Crippen molar-refractivity contribution in [1.82, 2.24) is 0 Å². The van der Waals surface area contributed by atoms with E-state index in [0.717, 1.165) is 5.57 Å². The summed E-state index contributed by atoms with van der Waals surface area (Å²) >= 11 is 0. The molecule has 1 aliphatic rings. The Kier molecular flexibility index (Phi) is 4.44. The van der Waals surface area contributed by atoms with Gasteiger partial charge in [0.2, 0.25) is 0 Å². The Morgan fingerprint density at radius 2 is 2.10 bits per heavy atom. The van der Waals surface area contributed by atoms with E-state index in [9.17, 15) is 9.90 Å². The Morgan fingerprint density at radius 1 is 1.40 bits per heavy atom. The highest BCUT2D eigenvalue weighted by atomic mass is 16.7. The average Bonchev–Trinajstić information content (AvgIpc) is 2.43. The zero-order valence-electron chi connectivity index (χ0n) is 11.2. The molecule has 2 atom stereocenters. The summed E-state index contributed by atoms with van der Waals surface area (Å²) in [5.41, 5.74) is 1.45. The van der Waals surface area contributed by atoms with E-state index in [1.807, 2.05) is 6.07 Å². The first-order chi connectivity index (χ1) is 9.60. The van der Waals surface area contributed by atoms with Crippen LogP contribution in [0.1, 0.15) is 19.8 Å². The van der Waals surface area contributed by atoms with Gasteiger partial charge in [0.25, 0.3) is 0 Å². The molecule has 1 aromatic carbocycles. The molecule has 0 spiro atoms. The quantitative estimate of drug-likeness (QED) is 0.511. The molecule has 0 radical (unpaired) electrons. The molecule has 0 fully saturated rings. The molecular formula is C16H16O4. The van der Waals surface area contributed by atoms with Gasteiger partial charge in [0.05, 0.1) is 6.10 Å². The maximum absolute atomic E-state index is 11.7. The van der Waals surface area contributed by atoms with Crippen molar-refractivity contribution in [3.8, 4) is 18.1 Å². The Balaban J connectivity index is 1.95. The number of ether oxygens (including phenoxy) is 2. The van der Waals surface area contributed by atoms with Crippen LogP contribution in [0.4, 0.5) is 4.79 Å². The summed E-state index contributed by atoms with van der Waals surface area (Å²) in [5.74, 6) is 2.94. The van der Waals surface area contributed by atoms with E-state index in [1.165, 1.54) is 0 Å². The number of aliphatic hydroxyl groups is 1. The van der Waals surface area contributed by atoms with Gasteiger partial charge >= 0.3 is 6.16 Å². The van der Waals surface area contributed by atoms with Crippen LogP contribution in [0.5, 0.6) is 5.75 Å². The van der Waals surface area contributed by atoms with E-state index < -0.39 is 18.4 Å². The summed E-state index contributed by atoms with van der Waals surface area (Å²) in [6.45, 7) is 1.79. The maximum Gasteiger partial charge on any atom is 0.514 e. The number of aliphatic hydroxyl groups excluding tert-OH is 1. The molecule has 2 rings (SSSR count). The SMILES string of the molecule is C#CC1=C(C)[C@H](O)C[C@H](OC(=O)Oc2ccccc2)C1. The number of hydrogen-bond acceptors (Lipinski definition) is 4. The normalized spacial score (nSPS) is 22.1. The third-order valence-corrected chi connectivity index (χ3v) is 3.28. The number of benzene rings is 1. The van der Waals surface area contributed by atoms with Gasteiger partial charge in [-0.15, -0.1) is 6.42 Å². The maximum atomic E-state index is 11.7. The van der Waals surface area contributed by atoms with Gasteiger partial charge in [-0.05, 0) is 24.6 Å². The van der Waals surface area contributed by atoms with E-state index in [-0.39, 0.29) is 0 Å². The lowest BCUT2D eigenvalue weighted by Crippen LogP contribution is -2.30. The lowest BCUT2D eigenvalue weighted by atomic mass is 9.89. The van der Waals surface area contributed by atoms with Crippen LogP contribution < -0.4 is 4.74 Å². The predicted molar refractivity (Wildman–Crippen MR) is 74.1 cm³/mol. The van der Waals surface area contributed by atoms with Crippen molar-refractivity contribution in [2.24, 2.45) is 0 Å². The molecule has 0 aromatic heterocycles. The van der Waals surface area contributed by atoms with Crippen LogP contribution in [0.15, 0.2) is 41.5 Å². The van der Waals surface area contributed by atoms with Gasteiger partial charge < -0.3 is 14.6 Å². The minimum absolute atomic E-state index is 0.334. The molecule has 20 heavy (non-hydrogen) atoms. The Labute approximate surface area is 118 Å². The standard InChI is InChI=1S/C16H16O4/c1-3-12-9-14(10-15(17)11(12)2)20-16(18)19-13-7-5-4-6-8-13/h1,4-8,14-15,17H,9-10H2,2H3/t14-,15-/m1/s1. The van der Waals surface area contributed by atoms with Crippen LogP contribution in [-0.2, 0) is 4.74 Å². The van der Waals surface area contributed by atoms with E-state index in [2.05, 4.69) is 5.92 Å². The highest BCUT2D eigenvalue weighted by Gasteiger charge is 2.28. The van der Waals surface area contributed by atoms with E-state index in [0.29, 0.717) is 24.2 Å². The monoisotopic (exact) mass is 272 g/mol. The highest BCUT2D eigenvalue weighted by Crippen LogP contribution is 2.27. The fourth-order valence-electron chi connectivity index (χ4n) is 2.11. The first-order valence-electron chi connectivity index (χ1n) is 6.38. The van der Waals surface area contributed by atoms with Crippen molar-refractivity contribution in [3.05, 3.63) is 41.5 Å². The third-order valence-electron chi connectivity index (χ3n) is 3.28. The van der Waals surface area contributed by atoms with E-state index in [4.69, 9.17) is 15.9 Å². The molecular weight excluding hydrogens is 256 g/mol. The molecule has 1 aromatic rings. The van der Waals surface area contributed by atoms with Crippen LogP contribution in [0.25, 0.3) is 0 Å². The molecule has 4 heteroatoms. The molecule has 0 saturated heterocycles. The Hall–Kier alpha value is -2.25. The largest absolute Gasteiger partial charge is 0.514 e. The molecule has 4 nitrogen and oxygen atoms in total. The van der Waals surface area contributed by atoms with Crippen LogP contribution in [0.2, 0.25) is 0 Å². The van der Waals surface area contributed by atoms with Crippen LogP contribution >= 0.6 is 0 Å². The second-order valence-electron chi connectivity index (χ2n) is 4.67. The number of hydrogen-bond donors (Lipinski definition) is 1. The number of carbonyl (C=O) groups is 1. The average molecular weight is 272 g/mol. The van der Waals surface area contributed by atoms with Crippen molar-refractivity contribution >= 4 is 6.16 Å². The summed E-state index contributed by atoms with van der Waals surface area (Å²) in [4.78, 5) is 11.7. The third kappa shape index (κ3) is 3.40. The topological polar surface area (TPSA) is 55.8 Å². The lowest BCUT2D eigenvalue weighted by molar-refractivity contribution is 0.0309. The Bertz CT molecular complexity index is 554. The van der Waals surface area contributed by atoms with Gasteiger partial charge in [0.15, 0.2) is 0 Å². The minimum atomic E-state index is -0.788. The second kappa shape index (κ2) is 6.27. The number of rotatable bonds is 2. The van der Waals surface area contributed by atoms with Crippen LogP contribution in [0.3, 0.4) is 0 Å².